The zero-order valence-corrected chi connectivity index (χ0v) is 55.6. The van der Waals surface area contributed by atoms with E-state index in [2.05, 4.69) is 68.7 Å². The molecule has 509 valence electrons. The number of hydrazine groups is 1. The Balaban J connectivity index is 0.0000160. The molecule has 18 N–H and O–H groups in total. The molecule has 3 heterocycles. The number of unbranched alkanes of at least 4 members (excludes halogenated alkanes) is 2. The number of carboxylic acids is 1. The summed E-state index contributed by atoms with van der Waals surface area (Å²) >= 11 is 0. The summed E-state index contributed by atoms with van der Waals surface area (Å²) in [6, 6.07) is 16.9. The molecule has 2 aromatic heterocycles. The number of nitrogens with two attached hydrogens (primary N) is 1. The molecule has 1 radical (unpaired) electrons. The smallest absolute Gasteiger partial charge is 0.337 e. The Morgan fingerprint density at radius 3 is 1.98 bits per heavy atom. The topological polar surface area (TPSA) is 439 Å². The van der Waals surface area contributed by atoms with Crippen LogP contribution in [-0.4, -0.2) is 188 Å². The van der Waals surface area contributed by atoms with E-state index in [1.165, 1.54) is 26.0 Å². The minimum Gasteiger partial charge on any atom is -0.478 e. The molecule has 1 aliphatic rings. The number of H-pyrrole nitrogens is 1. The molecule has 5 aromatic rings. The molecule has 0 spiro atoms. The zero-order chi connectivity index (χ0) is 67.2. The number of hydrogen-bond donors (Lipinski definition) is 17. The van der Waals surface area contributed by atoms with Crippen molar-refractivity contribution in [2.24, 2.45) is 5.73 Å². The van der Waals surface area contributed by atoms with Gasteiger partial charge in [0, 0.05) is 87.1 Å². The third kappa shape index (κ3) is 25.4. The number of carbonyl (C=O) groups is 10. The van der Waals surface area contributed by atoms with Gasteiger partial charge in [-0.2, -0.15) is 0 Å². The van der Waals surface area contributed by atoms with Crippen molar-refractivity contribution < 1.29 is 88.5 Å². The molecule has 31 heteroatoms. The molecule has 94 heavy (non-hydrogen) atoms. The van der Waals surface area contributed by atoms with Crippen LogP contribution in [0.1, 0.15) is 85.8 Å². The first kappa shape index (κ1) is 76.7. The summed E-state index contributed by atoms with van der Waals surface area (Å²) in [5.41, 5.74) is 13.5. The second-order valence-corrected chi connectivity index (χ2v) is 24.9. The van der Waals surface area contributed by atoms with E-state index >= 15 is 9.59 Å². The number of amides is 9. The van der Waals surface area contributed by atoms with Crippen LogP contribution in [0.4, 0.5) is 5.82 Å². The molecule has 0 bridgehead atoms. The third-order valence-corrected chi connectivity index (χ3v) is 17.5. The molecule has 9 amide bonds. The minimum absolute atomic E-state index is 0. The molecule has 3 aromatic carbocycles. The van der Waals surface area contributed by atoms with Crippen LogP contribution in [0.2, 0.25) is 0 Å². The summed E-state index contributed by atoms with van der Waals surface area (Å²) in [4.78, 5) is 146. The van der Waals surface area contributed by atoms with Gasteiger partial charge in [0.1, 0.15) is 42.1 Å². The predicted molar refractivity (Wildman–Crippen MR) is 350 cm³/mol. The van der Waals surface area contributed by atoms with E-state index in [1.54, 1.807) is 48.7 Å². The number of carbonyl (C=O) groups excluding carboxylic acids is 9. The van der Waals surface area contributed by atoms with E-state index in [1.807, 2.05) is 42.5 Å². The van der Waals surface area contributed by atoms with Crippen molar-refractivity contribution in [3.63, 3.8) is 0 Å². The van der Waals surface area contributed by atoms with Crippen LogP contribution >= 0.6 is 21.6 Å². The number of nitrogens with zero attached hydrogens (tertiary/aromatic N) is 1. The normalized spacial score (nSPS) is 19.7. The number of rotatable bonds is 29. The summed E-state index contributed by atoms with van der Waals surface area (Å²) in [6.45, 7) is 2.64. The first-order valence-electron chi connectivity index (χ1n) is 30.6. The van der Waals surface area contributed by atoms with Crippen LogP contribution in [0.15, 0.2) is 109 Å². The van der Waals surface area contributed by atoms with Gasteiger partial charge in [-0.15, -0.1) is 0 Å². The number of fused-ring (bicyclic) bond motifs is 1. The number of anilines is 1. The van der Waals surface area contributed by atoms with E-state index < -0.39 is 120 Å². The molecule has 0 aliphatic carbocycles. The van der Waals surface area contributed by atoms with Crippen LogP contribution in [0.3, 0.4) is 0 Å². The number of aliphatic hydroxyl groups is 3. The summed E-state index contributed by atoms with van der Waals surface area (Å²) in [5, 5.41) is 66.3. The molecular formula is C63H84N14O14S2Tc. The van der Waals surface area contributed by atoms with E-state index in [4.69, 9.17) is 10.8 Å². The Morgan fingerprint density at radius 1 is 0.691 bits per heavy atom. The number of hydrogen-bond acceptors (Lipinski definition) is 19. The van der Waals surface area contributed by atoms with E-state index in [0.717, 1.165) is 44.3 Å². The van der Waals surface area contributed by atoms with Crippen molar-refractivity contribution >= 4 is 97.4 Å². The van der Waals surface area contributed by atoms with Gasteiger partial charge in [-0.1, -0.05) is 100 Å². The van der Waals surface area contributed by atoms with E-state index in [9.17, 15) is 53.7 Å². The summed E-state index contributed by atoms with van der Waals surface area (Å²) in [7, 11) is 2.01. The zero-order valence-electron chi connectivity index (χ0n) is 52.1. The Kier molecular flexibility index (Phi) is 32.9. The quantitative estimate of drug-likeness (QED) is 0.0167. The molecule has 1 fully saturated rings. The average molecular weight is 1420 g/mol. The first-order chi connectivity index (χ1) is 44.7. The van der Waals surface area contributed by atoms with Crippen LogP contribution in [0.5, 0.6) is 0 Å². The predicted octanol–water partition coefficient (Wildman–Crippen LogP) is -0.264. The monoisotopic (exact) mass is 1420 g/mol. The Labute approximate surface area is 565 Å². The van der Waals surface area contributed by atoms with Gasteiger partial charge in [-0.25, -0.2) is 9.78 Å². The molecule has 6 rings (SSSR count). The van der Waals surface area contributed by atoms with Crippen molar-refractivity contribution in [1.29, 1.82) is 0 Å². The fourth-order valence-corrected chi connectivity index (χ4v) is 12.1. The van der Waals surface area contributed by atoms with Crippen molar-refractivity contribution in [2.45, 2.75) is 139 Å². The molecule has 10 atom stereocenters. The fourth-order valence-electron chi connectivity index (χ4n) is 9.73. The fraction of sp³-hybridized carbons (Fsp3) is 0.444. The largest absolute Gasteiger partial charge is 0.478 e. The molecule has 1 saturated heterocycles. The standard InChI is InChI=1S/C63H84N14O14S2.Tc/c1-37(79)49(34-78)72-61(88)51-36-93-92-35-50(73-57(84)46(29-39-15-5-3-6-16-39)65-27-13-14-28-66-53(81)24-25-54(82)77-76-52-23-22-41(32-68-52)63(90)91)60(87)70-47(30-40-17-7-4-8-18-40)58(85)71-48(31-42-33-67-44-20-10-9-19-43(42)44)59(86)69-45(21-11-12-26-64)56(83)75-55(38(2)80)62(89)74-51;/h3-10,15-20,22-23,32-33,37-38,45-51,55,65,67,78-80H,11-14,21,24-31,34-36,64H2,1-2H3,(H,66,81)(H,68,76)(H,69,86)(H,70,87)(H,71,85)(H,72,88)(H,73,84)(H,74,89)(H,75,83)(H,77,82)(H,90,91);/t37?,38?,45-,46-,47-,48+,49?,50-,51+,55-;/m1./s1/i;1+1. The van der Waals surface area contributed by atoms with Gasteiger partial charge in [0.2, 0.25) is 53.2 Å². The maximum absolute atomic E-state index is 15.1. The van der Waals surface area contributed by atoms with Crippen LogP contribution in [0.25, 0.3) is 10.9 Å². The van der Waals surface area contributed by atoms with E-state index in [0.29, 0.717) is 36.8 Å². The number of aromatic amines is 1. The molecule has 0 saturated carbocycles. The molecule has 3 unspecified atom stereocenters. The number of aromatic nitrogens is 2. The third-order valence-electron chi connectivity index (χ3n) is 15.1. The van der Waals surface area contributed by atoms with Gasteiger partial charge < -0.3 is 79.0 Å². The molecular weight excluding hydrogens is 1340 g/mol. The Morgan fingerprint density at radius 2 is 1.32 bits per heavy atom. The van der Waals surface area contributed by atoms with Crippen molar-refractivity contribution in [2.75, 3.05) is 43.2 Å². The van der Waals surface area contributed by atoms with Crippen LogP contribution in [-0.2, 0) is 82.5 Å². The SMILES string of the molecule is CC(O)C(CO)NC(=O)[C@@H]1CSSC[C@@H](NC(=O)[C@@H](Cc2ccccc2)NCCCCNC(=O)CCC(=O)NNc2ccc(C(=O)O)cn2)C(=O)N[C@H](Cc2ccccc2)C(=O)N[C@@H](Cc2c[nH]c3ccccc23)C(=O)N[C@H](CCCCN)C(=O)N[C@H](C(C)O)C(=O)N1.[99Tc]. The molecule has 28 nitrogen and oxygen atoms in total. The molecule has 1 aliphatic heterocycles. The Hall–Kier alpha value is -8.00. The van der Waals surface area contributed by atoms with Gasteiger partial charge in [0.25, 0.3) is 0 Å². The number of benzene rings is 3. The minimum atomic E-state index is -1.71. The van der Waals surface area contributed by atoms with Gasteiger partial charge in [-0.3, -0.25) is 54.0 Å². The summed E-state index contributed by atoms with van der Waals surface area (Å²) in [5.74, 6) is -8.13. The second kappa shape index (κ2) is 40.3. The van der Waals surface area contributed by atoms with Gasteiger partial charge in [0.15, 0.2) is 0 Å². The van der Waals surface area contributed by atoms with Crippen molar-refractivity contribution in [3.05, 3.63) is 132 Å². The Bertz CT molecular complexity index is 3280. The van der Waals surface area contributed by atoms with Gasteiger partial charge in [-0.05, 0) is 100 Å². The maximum Gasteiger partial charge on any atom is 0.337 e. The average Bonchev–Trinajstić information content (AvgIpc) is 2.00. The van der Waals surface area contributed by atoms with Gasteiger partial charge >= 0.3 is 5.97 Å². The number of para-hydroxylation sites is 1. The van der Waals surface area contributed by atoms with Gasteiger partial charge in [0.05, 0.1) is 36.5 Å². The van der Waals surface area contributed by atoms with Crippen molar-refractivity contribution in [3.8, 4) is 0 Å². The maximum atomic E-state index is 15.1. The summed E-state index contributed by atoms with van der Waals surface area (Å²) in [6.07, 6.45) is 1.31. The van der Waals surface area contributed by atoms with E-state index in [-0.39, 0.29) is 107 Å². The number of aromatic carboxylic acids is 1. The number of carboxylic acid groups (broad SMARTS) is 1. The number of pyridine rings is 1. The van der Waals surface area contributed by atoms with Crippen LogP contribution < -0.4 is 64.4 Å². The summed E-state index contributed by atoms with van der Waals surface area (Å²) < 4.78 is 0. The second-order valence-electron chi connectivity index (χ2n) is 22.3. The first-order valence-corrected chi connectivity index (χ1v) is 33.1. The number of nitrogens with one attached hydrogen (secondary N) is 12. The van der Waals surface area contributed by atoms with Crippen LogP contribution in [0, 0.1) is 0 Å². The van der Waals surface area contributed by atoms with Crippen molar-refractivity contribution in [1.82, 2.24) is 63.2 Å². The number of aliphatic hydroxyl groups excluding tert-OH is 3.